The fourth-order valence-corrected chi connectivity index (χ4v) is 1.38. The predicted molar refractivity (Wildman–Crippen MR) is 60.8 cm³/mol. The van der Waals surface area contributed by atoms with Gasteiger partial charge in [-0.2, -0.15) is 5.10 Å². The van der Waals surface area contributed by atoms with Gasteiger partial charge in [0.1, 0.15) is 11.4 Å². The Hall–Kier alpha value is -1.69. The number of ether oxygens (including phenoxy) is 1. The van der Waals surface area contributed by atoms with Crippen molar-refractivity contribution in [3.05, 3.63) is 24.0 Å². The first-order valence-electron chi connectivity index (χ1n) is 4.47. The average molecular weight is 222 g/mol. The van der Waals surface area contributed by atoms with Gasteiger partial charge in [0.05, 0.1) is 12.3 Å². The van der Waals surface area contributed by atoms with Crippen molar-refractivity contribution >= 4 is 23.0 Å². The van der Waals surface area contributed by atoms with Crippen LogP contribution in [0.1, 0.15) is 12.1 Å². The number of nitrogens with two attached hydrogens (primary N) is 1. The van der Waals surface area contributed by atoms with E-state index in [1.807, 2.05) is 12.1 Å². The Balaban J connectivity index is 2.29. The predicted octanol–water partition coefficient (Wildman–Crippen LogP) is 0.401. The molecule has 0 aromatic carbocycles. The van der Waals surface area contributed by atoms with Crippen LogP contribution in [-0.2, 0) is 0 Å². The van der Waals surface area contributed by atoms with E-state index in [9.17, 15) is 0 Å². The lowest BCUT2D eigenvalue weighted by molar-refractivity contribution is 0.318. The van der Waals surface area contributed by atoms with Gasteiger partial charge in [-0.05, 0) is 24.4 Å². The Kier molecular flexibility index (Phi) is 2.77. The lowest BCUT2D eigenvalue weighted by Crippen LogP contribution is -2.27. The molecule has 0 saturated heterocycles. The summed E-state index contributed by atoms with van der Waals surface area (Å²) in [5.74, 6) is 0.743. The summed E-state index contributed by atoms with van der Waals surface area (Å²) < 4.78 is 5.43. The van der Waals surface area contributed by atoms with Crippen LogP contribution in [0.25, 0.3) is 0 Å². The van der Waals surface area contributed by atoms with Crippen LogP contribution in [0.4, 0.5) is 0 Å². The first-order valence-corrected chi connectivity index (χ1v) is 4.88. The molecule has 78 valence electrons. The normalized spacial score (nSPS) is 16.7. The number of hydrogen-bond donors (Lipinski definition) is 2. The van der Waals surface area contributed by atoms with Crippen molar-refractivity contribution in [3.8, 4) is 5.75 Å². The molecule has 0 amide bonds. The zero-order valence-electron chi connectivity index (χ0n) is 7.93. The van der Waals surface area contributed by atoms with Gasteiger partial charge < -0.3 is 10.5 Å². The third kappa shape index (κ3) is 2.21. The summed E-state index contributed by atoms with van der Waals surface area (Å²) in [5.41, 5.74) is 9.40. The molecule has 0 saturated carbocycles. The Morgan fingerprint density at radius 1 is 1.67 bits per heavy atom. The number of thiocarbonyl (C=S) groups is 1. The van der Waals surface area contributed by atoms with Crippen molar-refractivity contribution in [2.45, 2.75) is 6.42 Å². The van der Waals surface area contributed by atoms with Gasteiger partial charge in [0, 0.05) is 12.6 Å². The number of hydrogen-bond acceptors (Lipinski definition) is 4. The molecule has 2 rings (SSSR count). The second kappa shape index (κ2) is 4.22. The fourth-order valence-electron chi connectivity index (χ4n) is 1.33. The number of fused-ring (bicyclic) bond motifs is 1. The van der Waals surface area contributed by atoms with E-state index in [2.05, 4.69) is 27.7 Å². The number of aromatic nitrogens is 1. The van der Waals surface area contributed by atoms with Crippen LogP contribution in [0, 0.1) is 0 Å². The highest BCUT2D eigenvalue weighted by atomic mass is 32.1. The number of hydrazone groups is 1. The van der Waals surface area contributed by atoms with Crippen LogP contribution in [-0.4, -0.2) is 22.4 Å². The van der Waals surface area contributed by atoms with E-state index in [0.717, 1.165) is 17.2 Å². The van der Waals surface area contributed by atoms with E-state index in [4.69, 9.17) is 10.5 Å². The summed E-state index contributed by atoms with van der Waals surface area (Å²) in [6.45, 7) is 0.594. The van der Waals surface area contributed by atoms with Crippen molar-refractivity contribution in [2.75, 3.05) is 6.61 Å². The quantitative estimate of drug-likeness (QED) is 0.531. The highest BCUT2D eigenvalue weighted by molar-refractivity contribution is 7.80. The van der Waals surface area contributed by atoms with E-state index >= 15 is 0 Å². The molecule has 3 N–H and O–H groups in total. The topological polar surface area (TPSA) is 72.5 Å². The maximum Gasteiger partial charge on any atom is 0.184 e. The molecule has 0 fully saturated rings. The van der Waals surface area contributed by atoms with Crippen LogP contribution in [0.5, 0.6) is 5.75 Å². The average Bonchev–Trinajstić information content (AvgIpc) is 2.26. The molecule has 0 aliphatic carbocycles. The Morgan fingerprint density at radius 2 is 2.53 bits per heavy atom. The molecule has 1 aromatic rings. The van der Waals surface area contributed by atoms with Crippen molar-refractivity contribution in [2.24, 2.45) is 10.8 Å². The van der Waals surface area contributed by atoms with Crippen LogP contribution >= 0.6 is 12.2 Å². The standard InChI is InChI=1S/C9H10N4OS/c10-9(15)13-12-6-3-5-14-7-2-1-4-11-8(6)7/h1-2,4H,3,5H2,(H3,10,13,15). The highest BCUT2D eigenvalue weighted by Gasteiger charge is 2.17. The largest absolute Gasteiger partial charge is 0.491 e. The molecule has 1 aliphatic rings. The van der Waals surface area contributed by atoms with Crippen molar-refractivity contribution in [1.29, 1.82) is 0 Å². The zero-order valence-corrected chi connectivity index (χ0v) is 8.75. The van der Waals surface area contributed by atoms with Gasteiger partial charge in [-0.15, -0.1) is 0 Å². The van der Waals surface area contributed by atoms with Crippen molar-refractivity contribution < 1.29 is 4.74 Å². The van der Waals surface area contributed by atoms with Gasteiger partial charge in [-0.3, -0.25) is 10.4 Å². The minimum Gasteiger partial charge on any atom is -0.491 e. The number of pyridine rings is 1. The van der Waals surface area contributed by atoms with Crippen LogP contribution in [0.3, 0.4) is 0 Å². The summed E-state index contributed by atoms with van der Waals surface area (Å²) in [7, 11) is 0. The third-order valence-corrected chi connectivity index (χ3v) is 2.03. The van der Waals surface area contributed by atoms with Gasteiger partial charge in [-0.1, -0.05) is 0 Å². The lowest BCUT2D eigenvalue weighted by Gasteiger charge is -2.17. The minimum absolute atomic E-state index is 0.145. The number of rotatable bonds is 1. The molecular weight excluding hydrogens is 212 g/mol. The van der Waals surface area contributed by atoms with Crippen LogP contribution in [0.15, 0.2) is 23.4 Å². The third-order valence-electron chi connectivity index (χ3n) is 1.94. The maximum atomic E-state index is 5.43. The minimum atomic E-state index is 0.145. The molecule has 5 nitrogen and oxygen atoms in total. The Morgan fingerprint density at radius 3 is 3.33 bits per heavy atom. The van der Waals surface area contributed by atoms with E-state index in [1.54, 1.807) is 6.20 Å². The molecular formula is C9H10N4OS. The first kappa shape index (κ1) is 9.85. The molecule has 2 heterocycles. The molecule has 1 aliphatic heterocycles. The summed E-state index contributed by atoms with van der Waals surface area (Å²) in [6.07, 6.45) is 2.39. The van der Waals surface area contributed by atoms with E-state index in [0.29, 0.717) is 13.0 Å². The van der Waals surface area contributed by atoms with E-state index < -0.39 is 0 Å². The summed E-state index contributed by atoms with van der Waals surface area (Å²) >= 11 is 4.67. The van der Waals surface area contributed by atoms with Crippen LogP contribution in [0.2, 0.25) is 0 Å². The lowest BCUT2D eigenvalue weighted by atomic mass is 10.1. The first-order chi connectivity index (χ1) is 7.27. The van der Waals surface area contributed by atoms with Gasteiger partial charge in [0.15, 0.2) is 5.11 Å². The zero-order chi connectivity index (χ0) is 10.7. The van der Waals surface area contributed by atoms with Gasteiger partial charge >= 0.3 is 0 Å². The van der Waals surface area contributed by atoms with Crippen molar-refractivity contribution in [3.63, 3.8) is 0 Å². The van der Waals surface area contributed by atoms with Crippen LogP contribution < -0.4 is 15.9 Å². The Labute approximate surface area is 92.3 Å². The molecule has 1 aromatic heterocycles. The van der Waals surface area contributed by atoms with E-state index in [-0.39, 0.29) is 5.11 Å². The summed E-state index contributed by atoms with van der Waals surface area (Å²) in [5, 5.41) is 4.23. The van der Waals surface area contributed by atoms with E-state index in [1.165, 1.54) is 0 Å². The Bertz CT molecular complexity index is 418. The monoisotopic (exact) mass is 222 g/mol. The number of nitrogens with one attached hydrogen (secondary N) is 1. The SMILES string of the molecule is NC(=S)NN=C1CCOc2cccnc21. The second-order valence-corrected chi connectivity index (χ2v) is 3.42. The fraction of sp³-hybridized carbons (Fsp3) is 0.222. The smallest absolute Gasteiger partial charge is 0.184 e. The number of nitrogens with zero attached hydrogens (tertiary/aromatic N) is 2. The molecule has 0 radical (unpaired) electrons. The molecule has 15 heavy (non-hydrogen) atoms. The molecule has 0 spiro atoms. The second-order valence-electron chi connectivity index (χ2n) is 2.98. The molecule has 6 heteroatoms. The maximum absolute atomic E-state index is 5.43. The highest BCUT2D eigenvalue weighted by Crippen LogP contribution is 2.21. The molecule has 0 unspecified atom stereocenters. The summed E-state index contributed by atoms with van der Waals surface area (Å²) in [4.78, 5) is 4.20. The van der Waals surface area contributed by atoms with Crippen molar-refractivity contribution in [1.82, 2.24) is 10.4 Å². The van der Waals surface area contributed by atoms with Gasteiger partial charge in [0.25, 0.3) is 0 Å². The molecule has 0 bridgehead atoms. The van der Waals surface area contributed by atoms with Gasteiger partial charge in [0.2, 0.25) is 0 Å². The summed E-state index contributed by atoms with van der Waals surface area (Å²) in [6, 6.07) is 3.68. The van der Waals surface area contributed by atoms with Gasteiger partial charge in [-0.25, -0.2) is 0 Å². The molecule has 0 atom stereocenters.